The summed E-state index contributed by atoms with van der Waals surface area (Å²) < 4.78 is 10.1. The average Bonchev–Trinajstić information content (AvgIpc) is 2.27. The first-order valence-electron chi connectivity index (χ1n) is 6.28. The summed E-state index contributed by atoms with van der Waals surface area (Å²) in [6.07, 6.45) is 1.74. The van der Waals surface area contributed by atoms with E-state index >= 15 is 0 Å². The average molecular weight is 271 g/mol. The molecule has 6 nitrogen and oxygen atoms in total. The summed E-state index contributed by atoms with van der Waals surface area (Å²) in [4.78, 5) is 28.8. The van der Waals surface area contributed by atoms with Crippen molar-refractivity contribution in [3.05, 3.63) is 12.2 Å². The standard InChI is InChI=1S/C13H21NO5/c1-6-17-11(15)10-8-7-9(2)14(19-10)12(16)18-13(3,4)5/h7-10H,6H2,1-5H3/t9-,10-/m0/s1. The maximum atomic E-state index is 11.9. The summed E-state index contributed by atoms with van der Waals surface area (Å²) in [5, 5.41) is 1.05. The second-order valence-corrected chi connectivity index (χ2v) is 5.21. The van der Waals surface area contributed by atoms with Gasteiger partial charge in [-0.25, -0.2) is 14.4 Å². The summed E-state index contributed by atoms with van der Waals surface area (Å²) in [5.74, 6) is -0.529. The largest absolute Gasteiger partial charge is 0.464 e. The zero-order valence-corrected chi connectivity index (χ0v) is 12.0. The smallest absolute Gasteiger partial charge is 0.435 e. The van der Waals surface area contributed by atoms with Gasteiger partial charge < -0.3 is 9.47 Å². The van der Waals surface area contributed by atoms with Crippen LogP contribution in [0.25, 0.3) is 0 Å². The first-order chi connectivity index (χ1) is 8.74. The fourth-order valence-electron chi connectivity index (χ4n) is 1.46. The highest BCUT2D eigenvalue weighted by molar-refractivity contribution is 5.78. The Hall–Kier alpha value is -1.56. The minimum Gasteiger partial charge on any atom is -0.464 e. The van der Waals surface area contributed by atoms with Crippen LogP contribution in [0.5, 0.6) is 0 Å². The topological polar surface area (TPSA) is 65.1 Å². The molecule has 0 spiro atoms. The third kappa shape index (κ3) is 4.55. The fourth-order valence-corrected chi connectivity index (χ4v) is 1.46. The van der Waals surface area contributed by atoms with Gasteiger partial charge in [0.05, 0.1) is 12.6 Å². The fraction of sp³-hybridized carbons (Fsp3) is 0.692. The van der Waals surface area contributed by atoms with Crippen molar-refractivity contribution in [1.82, 2.24) is 5.06 Å². The lowest BCUT2D eigenvalue weighted by molar-refractivity contribution is -0.203. The molecule has 1 heterocycles. The molecule has 6 heteroatoms. The molecule has 0 unspecified atom stereocenters. The molecule has 0 aromatic rings. The molecule has 1 amide bonds. The van der Waals surface area contributed by atoms with Gasteiger partial charge in [0.2, 0.25) is 6.10 Å². The molecule has 0 aromatic heterocycles. The van der Waals surface area contributed by atoms with Gasteiger partial charge in [-0.15, -0.1) is 0 Å². The highest BCUT2D eigenvalue weighted by Crippen LogP contribution is 2.18. The van der Waals surface area contributed by atoms with Gasteiger partial charge in [0.25, 0.3) is 0 Å². The normalized spacial score (nSPS) is 23.1. The number of esters is 1. The summed E-state index contributed by atoms with van der Waals surface area (Å²) >= 11 is 0. The molecular weight excluding hydrogens is 250 g/mol. The Morgan fingerprint density at radius 1 is 1.32 bits per heavy atom. The Morgan fingerprint density at radius 3 is 2.47 bits per heavy atom. The van der Waals surface area contributed by atoms with Gasteiger partial charge in [-0.3, -0.25) is 0 Å². The van der Waals surface area contributed by atoms with Crippen molar-refractivity contribution in [2.75, 3.05) is 6.61 Å². The van der Waals surface area contributed by atoms with E-state index in [1.807, 2.05) is 0 Å². The Kier molecular flexibility index (Phi) is 4.94. The highest BCUT2D eigenvalue weighted by Gasteiger charge is 2.33. The van der Waals surface area contributed by atoms with Crippen LogP contribution in [0.2, 0.25) is 0 Å². The van der Waals surface area contributed by atoms with Gasteiger partial charge >= 0.3 is 12.1 Å². The number of ether oxygens (including phenoxy) is 2. The van der Waals surface area contributed by atoms with Crippen molar-refractivity contribution in [1.29, 1.82) is 0 Å². The van der Waals surface area contributed by atoms with Gasteiger partial charge in [0.15, 0.2) is 0 Å². The Labute approximate surface area is 113 Å². The second-order valence-electron chi connectivity index (χ2n) is 5.21. The third-order valence-electron chi connectivity index (χ3n) is 2.25. The van der Waals surface area contributed by atoms with Crippen LogP contribution < -0.4 is 0 Å². The number of hydrogen-bond acceptors (Lipinski definition) is 5. The summed E-state index contributed by atoms with van der Waals surface area (Å²) in [6.45, 7) is 9.02. The van der Waals surface area contributed by atoms with Gasteiger partial charge in [-0.05, 0) is 40.7 Å². The molecular formula is C13H21NO5. The minimum absolute atomic E-state index is 0.258. The maximum absolute atomic E-state index is 11.9. The van der Waals surface area contributed by atoms with Crippen molar-refractivity contribution < 1.29 is 23.9 Å². The van der Waals surface area contributed by atoms with E-state index in [2.05, 4.69) is 0 Å². The van der Waals surface area contributed by atoms with E-state index in [0.29, 0.717) is 0 Å². The molecule has 108 valence electrons. The van der Waals surface area contributed by atoms with Gasteiger partial charge in [-0.1, -0.05) is 6.08 Å². The predicted molar refractivity (Wildman–Crippen MR) is 68.2 cm³/mol. The third-order valence-corrected chi connectivity index (χ3v) is 2.25. The quantitative estimate of drug-likeness (QED) is 0.568. The monoisotopic (exact) mass is 271 g/mol. The van der Waals surface area contributed by atoms with E-state index in [1.165, 1.54) is 0 Å². The number of carbonyl (C=O) groups is 2. The van der Waals surface area contributed by atoms with E-state index in [9.17, 15) is 9.59 Å². The molecule has 0 saturated heterocycles. The first kappa shape index (κ1) is 15.5. The zero-order valence-electron chi connectivity index (χ0n) is 12.0. The SMILES string of the molecule is CCOC(=O)[C@@H]1C=C[C@H](C)N(C(=O)OC(C)(C)C)O1. The molecule has 0 fully saturated rings. The molecule has 0 bridgehead atoms. The van der Waals surface area contributed by atoms with Crippen molar-refractivity contribution in [3.8, 4) is 0 Å². The number of rotatable bonds is 2. The molecule has 0 aromatic carbocycles. The number of amides is 1. The van der Waals surface area contributed by atoms with Crippen LogP contribution in [-0.4, -0.2) is 41.5 Å². The molecule has 0 aliphatic carbocycles. The van der Waals surface area contributed by atoms with Gasteiger partial charge in [0.1, 0.15) is 5.60 Å². The number of hydroxylamine groups is 2. The minimum atomic E-state index is -0.913. The molecule has 1 aliphatic heterocycles. The lowest BCUT2D eigenvalue weighted by Gasteiger charge is -2.33. The molecule has 2 atom stereocenters. The molecule has 0 saturated carbocycles. The van der Waals surface area contributed by atoms with E-state index < -0.39 is 23.8 Å². The number of hydrogen-bond donors (Lipinski definition) is 0. The van der Waals surface area contributed by atoms with Crippen LogP contribution in [0, 0.1) is 0 Å². The van der Waals surface area contributed by atoms with E-state index in [0.717, 1.165) is 5.06 Å². The van der Waals surface area contributed by atoms with Crippen molar-refractivity contribution >= 4 is 12.1 Å². The number of carbonyl (C=O) groups excluding carboxylic acids is 2. The predicted octanol–water partition coefficient (Wildman–Crippen LogP) is 2.05. The Morgan fingerprint density at radius 2 is 1.95 bits per heavy atom. The molecule has 0 radical (unpaired) electrons. The molecule has 19 heavy (non-hydrogen) atoms. The van der Waals surface area contributed by atoms with E-state index in [1.54, 1.807) is 46.8 Å². The lowest BCUT2D eigenvalue weighted by Crippen LogP contribution is -2.47. The van der Waals surface area contributed by atoms with Gasteiger partial charge in [-0.2, -0.15) is 5.06 Å². The molecule has 1 aliphatic rings. The van der Waals surface area contributed by atoms with E-state index in [-0.39, 0.29) is 12.6 Å². The summed E-state index contributed by atoms with van der Waals surface area (Å²) in [6, 6.07) is -0.305. The lowest BCUT2D eigenvalue weighted by atomic mass is 10.2. The number of nitrogens with zero attached hydrogens (tertiary/aromatic N) is 1. The van der Waals surface area contributed by atoms with Gasteiger partial charge in [0, 0.05) is 0 Å². The first-order valence-corrected chi connectivity index (χ1v) is 6.28. The maximum Gasteiger partial charge on any atom is 0.435 e. The van der Waals surface area contributed by atoms with E-state index in [4.69, 9.17) is 14.3 Å². The second kappa shape index (κ2) is 6.06. The summed E-state index contributed by atoms with van der Waals surface area (Å²) in [7, 11) is 0. The van der Waals surface area contributed by atoms with Crippen LogP contribution >= 0.6 is 0 Å². The van der Waals surface area contributed by atoms with Crippen molar-refractivity contribution in [2.24, 2.45) is 0 Å². The van der Waals surface area contributed by atoms with Crippen LogP contribution in [-0.2, 0) is 19.1 Å². The van der Waals surface area contributed by atoms with Crippen LogP contribution in [0.4, 0.5) is 4.79 Å². The van der Waals surface area contributed by atoms with Crippen LogP contribution in [0.15, 0.2) is 12.2 Å². The highest BCUT2D eigenvalue weighted by atomic mass is 16.7. The van der Waals surface area contributed by atoms with Crippen LogP contribution in [0.1, 0.15) is 34.6 Å². The van der Waals surface area contributed by atoms with Crippen LogP contribution in [0.3, 0.4) is 0 Å². The molecule has 0 N–H and O–H groups in total. The Balaban J connectivity index is 2.72. The Bertz CT molecular complexity index is 372. The zero-order chi connectivity index (χ0) is 14.6. The van der Waals surface area contributed by atoms with Crippen molar-refractivity contribution in [3.63, 3.8) is 0 Å². The summed E-state index contributed by atoms with van der Waals surface area (Å²) in [5.41, 5.74) is -0.624. The van der Waals surface area contributed by atoms with Crippen molar-refractivity contribution in [2.45, 2.75) is 52.4 Å². The molecule has 1 rings (SSSR count).